The molecule has 0 unspecified atom stereocenters. The zero-order chi connectivity index (χ0) is 7.44. The number of carbonyl (C=O) groups is 1. The zero-order valence-electron chi connectivity index (χ0n) is 5.29. The molecule has 0 amide bonds. The molecule has 0 rings (SSSR count). The molecule has 0 aromatic rings. The van der Waals surface area contributed by atoms with Gasteiger partial charge in [0.15, 0.2) is 0 Å². The predicted octanol–water partition coefficient (Wildman–Crippen LogP) is 0.660. The van der Waals surface area contributed by atoms with Gasteiger partial charge in [-0.1, -0.05) is 13.2 Å². The number of nitrogens with zero attached hydrogens (tertiary/aromatic N) is 1. The third kappa shape index (κ3) is 1.99. The molecule has 0 spiro atoms. The van der Waals surface area contributed by atoms with Crippen LogP contribution in [-0.4, -0.2) is 23.0 Å². The third-order valence-electron chi connectivity index (χ3n) is 0.946. The SMILES string of the molecule is C=CN(C)C(=C)C(=O)O. The van der Waals surface area contributed by atoms with Gasteiger partial charge in [0.1, 0.15) is 5.70 Å². The normalized spacial score (nSPS) is 8.11. The van der Waals surface area contributed by atoms with Crippen molar-refractivity contribution in [1.82, 2.24) is 4.90 Å². The lowest BCUT2D eigenvalue weighted by molar-refractivity contribution is -0.133. The molecule has 9 heavy (non-hydrogen) atoms. The van der Waals surface area contributed by atoms with Crippen molar-refractivity contribution >= 4 is 5.97 Å². The summed E-state index contributed by atoms with van der Waals surface area (Å²) in [6, 6.07) is 0. The van der Waals surface area contributed by atoms with Crippen molar-refractivity contribution in [3.05, 3.63) is 25.1 Å². The zero-order valence-corrected chi connectivity index (χ0v) is 5.29. The van der Waals surface area contributed by atoms with Crippen LogP contribution in [0.25, 0.3) is 0 Å². The van der Waals surface area contributed by atoms with Crippen molar-refractivity contribution in [2.24, 2.45) is 0 Å². The summed E-state index contributed by atoms with van der Waals surface area (Å²) in [6.45, 7) is 6.65. The highest BCUT2D eigenvalue weighted by Gasteiger charge is 2.04. The van der Waals surface area contributed by atoms with Gasteiger partial charge in [-0.25, -0.2) is 4.79 Å². The van der Waals surface area contributed by atoms with Crippen LogP contribution in [0.2, 0.25) is 0 Å². The van der Waals surface area contributed by atoms with Crippen LogP contribution in [0.3, 0.4) is 0 Å². The van der Waals surface area contributed by atoms with Gasteiger partial charge in [-0.15, -0.1) is 0 Å². The molecule has 0 saturated heterocycles. The van der Waals surface area contributed by atoms with Crippen LogP contribution in [0.1, 0.15) is 0 Å². The number of hydrogen-bond donors (Lipinski definition) is 1. The minimum Gasteiger partial charge on any atom is -0.477 e. The highest BCUT2D eigenvalue weighted by molar-refractivity contribution is 5.85. The molecular formula is C6H9NO2. The van der Waals surface area contributed by atoms with E-state index in [4.69, 9.17) is 5.11 Å². The van der Waals surface area contributed by atoms with Crippen molar-refractivity contribution < 1.29 is 9.90 Å². The second-order valence-corrected chi connectivity index (χ2v) is 1.55. The lowest BCUT2D eigenvalue weighted by atomic mass is 10.4. The Morgan fingerprint density at radius 3 is 2.33 bits per heavy atom. The first kappa shape index (κ1) is 7.75. The van der Waals surface area contributed by atoms with E-state index in [1.807, 2.05) is 0 Å². The minimum absolute atomic E-state index is 0.0185. The summed E-state index contributed by atoms with van der Waals surface area (Å²) >= 11 is 0. The smallest absolute Gasteiger partial charge is 0.351 e. The fraction of sp³-hybridized carbons (Fsp3) is 0.167. The standard InChI is InChI=1S/C6H9NO2/c1-4-7(3)5(2)6(8)9/h4H,1-2H2,3H3,(H,8,9). The van der Waals surface area contributed by atoms with E-state index < -0.39 is 5.97 Å². The Bertz CT molecular complexity index is 151. The maximum atomic E-state index is 10.1. The molecule has 3 nitrogen and oxygen atoms in total. The lowest BCUT2D eigenvalue weighted by Gasteiger charge is -2.10. The van der Waals surface area contributed by atoms with Crippen LogP contribution >= 0.6 is 0 Å². The molecule has 0 saturated carbocycles. The molecule has 0 aromatic heterocycles. The molecule has 0 bridgehead atoms. The van der Waals surface area contributed by atoms with Gasteiger partial charge in [0.2, 0.25) is 0 Å². The van der Waals surface area contributed by atoms with Crippen LogP contribution < -0.4 is 0 Å². The molecule has 0 atom stereocenters. The molecular weight excluding hydrogens is 118 g/mol. The minimum atomic E-state index is -1.03. The van der Waals surface area contributed by atoms with E-state index in [-0.39, 0.29) is 5.70 Å². The summed E-state index contributed by atoms with van der Waals surface area (Å²) in [7, 11) is 1.57. The number of hydrogen-bond acceptors (Lipinski definition) is 2. The van der Waals surface area contributed by atoms with Crippen molar-refractivity contribution in [3.63, 3.8) is 0 Å². The van der Waals surface area contributed by atoms with Gasteiger partial charge in [0.25, 0.3) is 0 Å². The first-order chi connectivity index (χ1) is 4.09. The highest BCUT2D eigenvalue weighted by atomic mass is 16.4. The topological polar surface area (TPSA) is 40.5 Å². The van der Waals surface area contributed by atoms with E-state index in [0.717, 1.165) is 0 Å². The number of carboxylic acid groups (broad SMARTS) is 1. The first-order valence-electron chi connectivity index (χ1n) is 2.37. The quantitative estimate of drug-likeness (QED) is 0.566. The van der Waals surface area contributed by atoms with Crippen LogP contribution in [0.15, 0.2) is 25.1 Å². The van der Waals surface area contributed by atoms with Crippen molar-refractivity contribution in [2.75, 3.05) is 7.05 Å². The lowest BCUT2D eigenvalue weighted by Crippen LogP contribution is -2.15. The summed E-state index contributed by atoms with van der Waals surface area (Å²) in [6.07, 6.45) is 1.39. The summed E-state index contributed by atoms with van der Waals surface area (Å²) in [5.74, 6) is -1.03. The maximum Gasteiger partial charge on any atom is 0.351 e. The fourth-order valence-electron chi connectivity index (χ4n) is 0.261. The van der Waals surface area contributed by atoms with Gasteiger partial charge in [-0.3, -0.25) is 0 Å². The summed E-state index contributed by atoms with van der Waals surface area (Å²) < 4.78 is 0. The molecule has 0 aromatic carbocycles. The van der Waals surface area contributed by atoms with Crippen molar-refractivity contribution in [2.45, 2.75) is 0 Å². The van der Waals surface area contributed by atoms with Gasteiger partial charge < -0.3 is 10.0 Å². The molecule has 0 aliphatic heterocycles. The third-order valence-corrected chi connectivity index (χ3v) is 0.946. The fourth-order valence-corrected chi connectivity index (χ4v) is 0.261. The highest BCUT2D eigenvalue weighted by Crippen LogP contribution is 1.96. The van der Waals surface area contributed by atoms with Gasteiger partial charge in [0.05, 0.1) is 0 Å². The Morgan fingerprint density at radius 2 is 2.22 bits per heavy atom. The molecule has 0 aliphatic carbocycles. The van der Waals surface area contributed by atoms with Crippen LogP contribution in [0, 0.1) is 0 Å². The number of aliphatic carboxylic acids is 1. The van der Waals surface area contributed by atoms with E-state index >= 15 is 0 Å². The average molecular weight is 127 g/mol. The van der Waals surface area contributed by atoms with Crippen LogP contribution in [0.4, 0.5) is 0 Å². The molecule has 1 N–H and O–H groups in total. The molecule has 0 radical (unpaired) electrons. The van der Waals surface area contributed by atoms with Gasteiger partial charge in [-0.05, 0) is 6.20 Å². The second-order valence-electron chi connectivity index (χ2n) is 1.55. The largest absolute Gasteiger partial charge is 0.477 e. The van der Waals surface area contributed by atoms with E-state index in [1.54, 1.807) is 7.05 Å². The van der Waals surface area contributed by atoms with E-state index in [2.05, 4.69) is 13.2 Å². The summed E-state index contributed by atoms with van der Waals surface area (Å²) in [5.41, 5.74) is 0.0185. The maximum absolute atomic E-state index is 10.1. The predicted molar refractivity (Wildman–Crippen MR) is 34.7 cm³/mol. The Hall–Kier alpha value is -1.25. The average Bonchev–Trinajstić information content (AvgIpc) is 1.84. The van der Waals surface area contributed by atoms with E-state index in [0.29, 0.717) is 0 Å². The number of likely N-dealkylation sites (N-methyl/N-ethyl adjacent to an activating group) is 1. The Morgan fingerprint density at radius 1 is 1.78 bits per heavy atom. The van der Waals surface area contributed by atoms with Gasteiger partial charge in [-0.2, -0.15) is 0 Å². The molecule has 50 valence electrons. The van der Waals surface area contributed by atoms with Crippen LogP contribution in [0.5, 0.6) is 0 Å². The van der Waals surface area contributed by atoms with Gasteiger partial charge >= 0.3 is 5.97 Å². The van der Waals surface area contributed by atoms with Crippen molar-refractivity contribution in [3.8, 4) is 0 Å². The molecule has 0 aliphatic rings. The Labute approximate surface area is 53.9 Å². The number of carboxylic acids is 1. The summed E-state index contributed by atoms with van der Waals surface area (Å²) in [5, 5.41) is 8.29. The molecule has 0 heterocycles. The molecule has 0 fully saturated rings. The van der Waals surface area contributed by atoms with Crippen molar-refractivity contribution in [1.29, 1.82) is 0 Å². The van der Waals surface area contributed by atoms with Gasteiger partial charge in [0, 0.05) is 7.05 Å². The van der Waals surface area contributed by atoms with E-state index in [9.17, 15) is 4.79 Å². The first-order valence-corrected chi connectivity index (χ1v) is 2.37. The molecule has 3 heteroatoms. The Balaban J connectivity index is 4.03. The van der Waals surface area contributed by atoms with Crippen LogP contribution in [-0.2, 0) is 4.79 Å². The number of rotatable bonds is 3. The Kier molecular flexibility index (Phi) is 2.51. The van der Waals surface area contributed by atoms with E-state index in [1.165, 1.54) is 11.1 Å². The second kappa shape index (κ2) is 2.91. The monoisotopic (exact) mass is 127 g/mol. The summed E-state index contributed by atoms with van der Waals surface area (Å²) in [4.78, 5) is 11.4.